The van der Waals surface area contributed by atoms with Gasteiger partial charge in [-0.15, -0.1) is 13.2 Å². The van der Waals surface area contributed by atoms with Gasteiger partial charge in [0.1, 0.15) is 0 Å². The largest absolute Gasteiger partial charge is 0.478 e. The maximum Gasteiger partial charge on any atom is 0.335 e. The van der Waals surface area contributed by atoms with E-state index in [0.29, 0.717) is 11.3 Å². The number of carbonyl (C=O) groups is 2. The third-order valence-corrected chi connectivity index (χ3v) is 2.39. The van der Waals surface area contributed by atoms with E-state index in [4.69, 9.17) is 10.2 Å². The fourth-order valence-corrected chi connectivity index (χ4v) is 1.56. The van der Waals surface area contributed by atoms with Gasteiger partial charge in [-0.25, -0.2) is 9.59 Å². The van der Waals surface area contributed by atoms with E-state index in [2.05, 4.69) is 18.1 Å². The fourth-order valence-electron chi connectivity index (χ4n) is 1.56. The molecule has 0 atom stereocenters. The van der Waals surface area contributed by atoms with E-state index in [0.717, 1.165) is 6.07 Å². The number of hydrogen-bond donors (Lipinski definition) is 2. The second-order valence-electron chi connectivity index (χ2n) is 3.62. The van der Waals surface area contributed by atoms with Gasteiger partial charge < -0.3 is 10.2 Å². The van der Waals surface area contributed by atoms with Gasteiger partial charge in [0, 0.05) is 11.8 Å². The number of rotatable bonds is 3. The molecule has 2 aromatic rings. The van der Waals surface area contributed by atoms with Crippen LogP contribution in [0.5, 0.6) is 0 Å². The standard InChI is InChI=1S/C13H9NO4.C2H4/c15-12(16)9-5-8(6-10(7-9)13(17)18)11-3-1-2-4-14-11;1-2/h1-7H,(H,15,16)(H,17,18);1-2H2. The summed E-state index contributed by atoms with van der Waals surface area (Å²) in [6, 6.07) is 9.08. The average molecular weight is 271 g/mol. The van der Waals surface area contributed by atoms with Crippen LogP contribution in [0.25, 0.3) is 11.3 Å². The first-order valence-electron chi connectivity index (χ1n) is 5.61. The Morgan fingerprint density at radius 3 is 1.90 bits per heavy atom. The first-order valence-corrected chi connectivity index (χ1v) is 5.61. The van der Waals surface area contributed by atoms with Crippen LogP contribution in [0, 0.1) is 0 Å². The molecule has 0 aliphatic heterocycles. The molecule has 5 nitrogen and oxygen atoms in total. The Bertz CT molecular complexity index is 591. The highest BCUT2D eigenvalue weighted by atomic mass is 16.4. The third-order valence-electron chi connectivity index (χ3n) is 2.39. The third kappa shape index (κ3) is 3.52. The van der Waals surface area contributed by atoms with Crippen LogP contribution in [0.2, 0.25) is 0 Å². The average Bonchev–Trinajstić information content (AvgIpc) is 2.49. The molecule has 2 rings (SSSR count). The smallest absolute Gasteiger partial charge is 0.335 e. The maximum absolute atomic E-state index is 10.9. The molecule has 1 heterocycles. The molecule has 0 saturated heterocycles. The molecule has 0 unspecified atom stereocenters. The summed E-state index contributed by atoms with van der Waals surface area (Å²) in [6.07, 6.45) is 1.56. The van der Waals surface area contributed by atoms with E-state index in [1.54, 1.807) is 24.4 Å². The minimum atomic E-state index is -1.17. The van der Waals surface area contributed by atoms with Gasteiger partial charge in [-0.1, -0.05) is 6.07 Å². The molecular weight excluding hydrogens is 258 g/mol. The minimum Gasteiger partial charge on any atom is -0.478 e. The quantitative estimate of drug-likeness (QED) is 0.838. The van der Waals surface area contributed by atoms with Crippen LogP contribution in [-0.2, 0) is 0 Å². The van der Waals surface area contributed by atoms with Gasteiger partial charge in [-0.05, 0) is 30.3 Å². The summed E-state index contributed by atoms with van der Waals surface area (Å²) in [6.45, 7) is 6.00. The van der Waals surface area contributed by atoms with Crippen molar-refractivity contribution in [3.63, 3.8) is 0 Å². The Hall–Kier alpha value is -2.95. The molecule has 0 aliphatic rings. The zero-order valence-electron chi connectivity index (χ0n) is 10.6. The molecule has 1 aromatic carbocycles. The van der Waals surface area contributed by atoms with Gasteiger partial charge in [0.05, 0.1) is 16.8 Å². The van der Waals surface area contributed by atoms with Crippen LogP contribution in [0.1, 0.15) is 20.7 Å². The van der Waals surface area contributed by atoms with Crippen LogP contribution >= 0.6 is 0 Å². The Labute approximate surface area is 115 Å². The summed E-state index contributed by atoms with van der Waals surface area (Å²) < 4.78 is 0. The number of aromatic nitrogens is 1. The topological polar surface area (TPSA) is 87.5 Å². The Morgan fingerprint density at radius 1 is 0.950 bits per heavy atom. The lowest BCUT2D eigenvalue weighted by Crippen LogP contribution is -2.03. The summed E-state index contributed by atoms with van der Waals surface area (Å²) in [5.41, 5.74) is 0.849. The first-order chi connectivity index (χ1) is 9.58. The first kappa shape index (κ1) is 15.1. The van der Waals surface area contributed by atoms with Crippen molar-refractivity contribution in [3.05, 3.63) is 66.9 Å². The minimum absolute atomic E-state index is 0.0736. The summed E-state index contributed by atoms with van der Waals surface area (Å²) in [5.74, 6) is -2.34. The number of carboxylic acid groups (broad SMARTS) is 2. The van der Waals surface area contributed by atoms with Crippen molar-refractivity contribution in [2.75, 3.05) is 0 Å². The van der Waals surface area contributed by atoms with E-state index >= 15 is 0 Å². The number of aromatic carboxylic acids is 2. The van der Waals surface area contributed by atoms with Crippen LogP contribution in [-0.4, -0.2) is 27.1 Å². The molecule has 0 fully saturated rings. The van der Waals surface area contributed by atoms with E-state index in [9.17, 15) is 9.59 Å². The molecule has 2 N–H and O–H groups in total. The summed E-state index contributed by atoms with van der Waals surface area (Å²) in [4.78, 5) is 26.0. The molecule has 0 bridgehead atoms. The normalized spacial score (nSPS) is 9.20. The molecule has 0 radical (unpaired) electrons. The number of carboxylic acids is 2. The SMILES string of the molecule is C=C.O=C(O)c1cc(C(=O)O)cc(-c2ccccn2)c1. The Kier molecular flexibility index (Phi) is 5.17. The number of pyridine rings is 1. The second-order valence-corrected chi connectivity index (χ2v) is 3.62. The molecule has 0 spiro atoms. The maximum atomic E-state index is 10.9. The van der Waals surface area contributed by atoms with Crippen molar-refractivity contribution in [2.24, 2.45) is 0 Å². The zero-order chi connectivity index (χ0) is 15.1. The molecule has 0 saturated carbocycles. The molecule has 102 valence electrons. The van der Waals surface area contributed by atoms with E-state index < -0.39 is 11.9 Å². The zero-order valence-corrected chi connectivity index (χ0v) is 10.6. The van der Waals surface area contributed by atoms with Crippen molar-refractivity contribution in [1.29, 1.82) is 0 Å². The lowest BCUT2D eigenvalue weighted by molar-refractivity contribution is 0.0696. The highest BCUT2D eigenvalue weighted by Gasteiger charge is 2.12. The van der Waals surface area contributed by atoms with Crippen LogP contribution in [0.4, 0.5) is 0 Å². The monoisotopic (exact) mass is 271 g/mol. The summed E-state index contributed by atoms with van der Waals surface area (Å²) >= 11 is 0. The van der Waals surface area contributed by atoms with E-state index in [1.165, 1.54) is 12.1 Å². The molecule has 0 amide bonds. The molecule has 0 aliphatic carbocycles. The van der Waals surface area contributed by atoms with Crippen molar-refractivity contribution in [1.82, 2.24) is 4.98 Å². The molecular formula is C15H13NO4. The van der Waals surface area contributed by atoms with Gasteiger partial charge in [0.2, 0.25) is 0 Å². The Balaban J connectivity index is 0.000000956. The Morgan fingerprint density at radius 2 is 1.50 bits per heavy atom. The lowest BCUT2D eigenvalue weighted by atomic mass is 10.0. The summed E-state index contributed by atoms with van der Waals surface area (Å²) in [5, 5.41) is 17.9. The van der Waals surface area contributed by atoms with Crippen molar-refractivity contribution in [2.45, 2.75) is 0 Å². The van der Waals surface area contributed by atoms with Crippen LogP contribution < -0.4 is 0 Å². The van der Waals surface area contributed by atoms with Crippen molar-refractivity contribution < 1.29 is 19.8 Å². The number of benzene rings is 1. The number of nitrogens with zero attached hydrogens (tertiary/aromatic N) is 1. The second kappa shape index (κ2) is 6.84. The highest BCUT2D eigenvalue weighted by Crippen LogP contribution is 2.20. The van der Waals surface area contributed by atoms with Gasteiger partial charge in [-0.2, -0.15) is 0 Å². The van der Waals surface area contributed by atoms with Crippen molar-refractivity contribution in [3.8, 4) is 11.3 Å². The van der Waals surface area contributed by atoms with Gasteiger partial charge in [0.15, 0.2) is 0 Å². The predicted octanol–water partition coefficient (Wildman–Crippen LogP) is 2.95. The van der Waals surface area contributed by atoms with Crippen LogP contribution in [0.3, 0.4) is 0 Å². The molecule has 5 heteroatoms. The van der Waals surface area contributed by atoms with Crippen molar-refractivity contribution >= 4 is 11.9 Å². The van der Waals surface area contributed by atoms with Crippen LogP contribution in [0.15, 0.2) is 55.8 Å². The highest BCUT2D eigenvalue weighted by molar-refractivity contribution is 5.95. The molecule has 20 heavy (non-hydrogen) atoms. The van der Waals surface area contributed by atoms with E-state index in [1.807, 2.05) is 0 Å². The molecule has 1 aromatic heterocycles. The van der Waals surface area contributed by atoms with Gasteiger partial charge >= 0.3 is 11.9 Å². The number of hydrogen-bond acceptors (Lipinski definition) is 3. The fraction of sp³-hybridized carbons (Fsp3) is 0. The van der Waals surface area contributed by atoms with Gasteiger partial charge in [-0.3, -0.25) is 4.98 Å². The summed E-state index contributed by atoms with van der Waals surface area (Å²) in [7, 11) is 0. The lowest BCUT2D eigenvalue weighted by Gasteiger charge is -2.04. The van der Waals surface area contributed by atoms with E-state index in [-0.39, 0.29) is 11.1 Å². The van der Waals surface area contributed by atoms with Gasteiger partial charge in [0.25, 0.3) is 0 Å². The predicted molar refractivity (Wildman–Crippen MR) is 74.8 cm³/mol.